The minimum atomic E-state index is -4.42. The number of benzene rings is 1. The molecule has 0 saturated heterocycles. The molecule has 4 nitrogen and oxygen atoms in total. The lowest BCUT2D eigenvalue weighted by atomic mass is 10.1. The third-order valence-electron chi connectivity index (χ3n) is 4.03. The van der Waals surface area contributed by atoms with Crippen molar-refractivity contribution in [3.63, 3.8) is 0 Å². The van der Waals surface area contributed by atoms with E-state index in [2.05, 4.69) is 41.6 Å². The van der Waals surface area contributed by atoms with Crippen molar-refractivity contribution >= 4 is 11.3 Å². The molecular weight excluding hydrogens is 375 g/mol. The Morgan fingerprint density at radius 2 is 1.89 bits per heavy atom. The lowest BCUT2D eigenvalue weighted by molar-refractivity contribution is -0.143. The van der Waals surface area contributed by atoms with Gasteiger partial charge in [-0.3, -0.25) is 10.00 Å². The number of rotatable bonds is 7. The highest BCUT2D eigenvalue weighted by Crippen LogP contribution is 2.36. The highest BCUT2D eigenvalue weighted by atomic mass is 32.1. The van der Waals surface area contributed by atoms with Gasteiger partial charge in [-0.05, 0) is 37.1 Å². The molecule has 0 aliphatic carbocycles. The molecule has 2 aromatic heterocycles. The van der Waals surface area contributed by atoms with Gasteiger partial charge in [0, 0.05) is 13.6 Å². The van der Waals surface area contributed by atoms with E-state index in [0.717, 1.165) is 23.7 Å². The van der Waals surface area contributed by atoms with Gasteiger partial charge >= 0.3 is 6.18 Å². The molecule has 3 rings (SSSR count). The Morgan fingerprint density at radius 3 is 2.56 bits per heavy atom. The zero-order chi connectivity index (χ0) is 19.4. The Labute approximate surface area is 159 Å². The van der Waals surface area contributed by atoms with Gasteiger partial charge < -0.3 is 4.74 Å². The van der Waals surface area contributed by atoms with E-state index in [1.807, 2.05) is 0 Å². The summed E-state index contributed by atoms with van der Waals surface area (Å²) in [6.07, 6.45) is -3.52. The first-order valence-electron chi connectivity index (χ1n) is 8.43. The van der Waals surface area contributed by atoms with Crippen LogP contribution in [0.4, 0.5) is 13.2 Å². The standard InChI is InChI=1S/C19H20F3N3OS/c1-13-3-5-14(6-4-13)9-10-23-12-26-18-8-7-16(27-18)15-11-17(19(20,21)22)25(2)24-15/h3-8,11,23H,9-10,12H2,1-2H3. The van der Waals surface area contributed by atoms with Crippen molar-refractivity contribution < 1.29 is 17.9 Å². The van der Waals surface area contributed by atoms with E-state index in [9.17, 15) is 13.2 Å². The largest absolute Gasteiger partial charge is 0.469 e. The number of hydrogen-bond acceptors (Lipinski definition) is 4. The number of nitrogens with zero attached hydrogens (tertiary/aromatic N) is 2. The van der Waals surface area contributed by atoms with Crippen LogP contribution in [0.15, 0.2) is 42.5 Å². The minimum Gasteiger partial charge on any atom is -0.469 e. The first kappa shape index (κ1) is 19.4. The van der Waals surface area contributed by atoms with Crippen LogP contribution in [-0.2, 0) is 19.6 Å². The van der Waals surface area contributed by atoms with E-state index >= 15 is 0 Å². The summed E-state index contributed by atoms with van der Waals surface area (Å²) in [5.74, 6) is 0. The van der Waals surface area contributed by atoms with Crippen LogP contribution < -0.4 is 10.1 Å². The SMILES string of the molecule is Cc1ccc(CCNCOc2ccc(-c3cc(C(F)(F)F)n(C)n3)s2)cc1. The van der Waals surface area contributed by atoms with Gasteiger partial charge in [0.05, 0.1) is 4.88 Å². The summed E-state index contributed by atoms with van der Waals surface area (Å²) in [6, 6.07) is 12.9. The summed E-state index contributed by atoms with van der Waals surface area (Å²) < 4.78 is 45.1. The molecule has 3 aromatic rings. The molecule has 1 aromatic carbocycles. The summed E-state index contributed by atoms with van der Waals surface area (Å²) in [4.78, 5) is 0.635. The van der Waals surface area contributed by atoms with Crippen molar-refractivity contribution in [2.24, 2.45) is 7.05 Å². The quantitative estimate of drug-likeness (QED) is 0.468. The molecule has 0 saturated carbocycles. The van der Waals surface area contributed by atoms with Gasteiger partial charge in [-0.25, -0.2) is 0 Å². The second-order valence-electron chi connectivity index (χ2n) is 6.18. The van der Waals surface area contributed by atoms with E-state index in [0.29, 0.717) is 16.7 Å². The lowest BCUT2D eigenvalue weighted by Crippen LogP contribution is -2.22. The number of thiophene rings is 1. The molecule has 0 aliphatic heterocycles. The Bertz CT molecular complexity index is 884. The average molecular weight is 395 g/mol. The summed E-state index contributed by atoms with van der Waals surface area (Å²) in [7, 11) is 1.29. The molecule has 0 spiro atoms. The summed E-state index contributed by atoms with van der Waals surface area (Å²) in [5.41, 5.74) is 2.00. The van der Waals surface area contributed by atoms with Crippen molar-refractivity contribution in [1.29, 1.82) is 0 Å². The van der Waals surface area contributed by atoms with Crippen LogP contribution in [0.2, 0.25) is 0 Å². The van der Waals surface area contributed by atoms with E-state index in [1.54, 1.807) is 12.1 Å². The number of aryl methyl sites for hydroxylation is 2. The third kappa shape index (κ3) is 5.11. The fraction of sp³-hybridized carbons (Fsp3) is 0.316. The molecule has 0 bridgehead atoms. The van der Waals surface area contributed by atoms with Gasteiger partial charge in [0.2, 0.25) is 0 Å². The van der Waals surface area contributed by atoms with Crippen LogP contribution in [0, 0.1) is 6.92 Å². The average Bonchev–Trinajstić information content (AvgIpc) is 3.22. The van der Waals surface area contributed by atoms with Crippen LogP contribution in [0.1, 0.15) is 16.8 Å². The summed E-state index contributed by atoms with van der Waals surface area (Å²) in [5, 5.41) is 7.77. The summed E-state index contributed by atoms with van der Waals surface area (Å²) >= 11 is 1.27. The second-order valence-corrected chi connectivity index (χ2v) is 7.23. The molecule has 0 atom stereocenters. The Hall–Kier alpha value is -2.32. The maximum Gasteiger partial charge on any atom is 0.433 e. The van der Waals surface area contributed by atoms with Crippen molar-refractivity contribution in [3.05, 3.63) is 59.3 Å². The number of ether oxygens (including phenoxy) is 1. The molecule has 144 valence electrons. The molecular formula is C19H20F3N3OS. The van der Waals surface area contributed by atoms with Crippen LogP contribution >= 0.6 is 11.3 Å². The van der Waals surface area contributed by atoms with E-state index in [4.69, 9.17) is 4.74 Å². The topological polar surface area (TPSA) is 39.1 Å². The molecule has 2 heterocycles. The fourth-order valence-corrected chi connectivity index (χ4v) is 3.38. The van der Waals surface area contributed by atoms with Crippen LogP contribution in [0.5, 0.6) is 5.06 Å². The summed E-state index contributed by atoms with van der Waals surface area (Å²) in [6.45, 7) is 3.17. The number of alkyl halides is 3. The lowest BCUT2D eigenvalue weighted by Gasteiger charge is -2.06. The zero-order valence-electron chi connectivity index (χ0n) is 15.0. The van der Waals surface area contributed by atoms with Gasteiger partial charge in [0.25, 0.3) is 0 Å². The predicted octanol–water partition coefficient (Wildman–Crippen LogP) is 4.64. The molecule has 0 aliphatic rings. The fourth-order valence-electron chi connectivity index (χ4n) is 2.57. The van der Waals surface area contributed by atoms with E-state index < -0.39 is 11.9 Å². The zero-order valence-corrected chi connectivity index (χ0v) is 15.8. The van der Waals surface area contributed by atoms with Crippen LogP contribution in [0.3, 0.4) is 0 Å². The smallest absolute Gasteiger partial charge is 0.433 e. The Morgan fingerprint density at radius 1 is 1.15 bits per heavy atom. The van der Waals surface area contributed by atoms with Crippen molar-refractivity contribution in [2.45, 2.75) is 19.5 Å². The molecule has 0 unspecified atom stereocenters. The molecule has 8 heteroatoms. The maximum atomic E-state index is 12.9. The molecule has 0 radical (unpaired) electrons. The van der Waals surface area contributed by atoms with Crippen LogP contribution in [0.25, 0.3) is 10.6 Å². The Balaban J connectivity index is 1.49. The first-order chi connectivity index (χ1) is 12.8. The van der Waals surface area contributed by atoms with Crippen molar-refractivity contribution in [1.82, 2.24) is 15.1 Å². The van der Waals surface area contributed by atoms with Gasteiger partial charge in [0.15, 0.2) is 5.06 Å². The van der Waals surface area contributed by atoms with Gasteiger partial charge in [-0.15, -0.1) is 0 Å². The first-order valence-corrected chi connectivity index (χ1v) is 9.25. The highest BCUT2D eigenvalue weighted by Gasteiger charge is 2.35. The molecule has 1 N–H and O–H groups in total. The van der Waals surface area contributed by atoms with E-state index in [1.165, 1.54) is 29.5 Å². The number of nitrogens with one attached hydrogen (secondary N) is 1. The number of aromatic nitrogens is 2. The second kappa shape index (κ2) is 8.14. The van der Waals surface area contributed by atoms with Crippen molar-refractivity contribution in [2.75, 3.05) is 13.3 Å². The predicted molar refractivity (Wildman–Crippen MR) is 99.9 cm³/mol. The molecule has 0 amide bonds. The van der Waals surface area contributed by atoms with Gasteiger partial charge in [0.1, 0.15) is 18.1 Å². The van der Waals surface area contributed by atoms with Crippen LogP contribution in [-0.4, -0.2) is 23.1 Å². The third-order valence-corrected chi connectivity index (χ3v) is 5.05. The van der Waals surface area contributed by atoms with Gasteiger partial charge in [-0.2, -0.15) is 18.3 Å². The van der Waals surface area contributed by atoms with Gasteiger partial charge in [-0.1, -0.05) is 41.2 Å². The Kier molecular flexibility index (Phi) is 5.86. The van der Waals surface area contributed by atoms with Crippen molar-refractivity contribution in [3.8, 4) is 15.6 Å². The monoisotopic (exact) mass is 395 g/mol. The minimum absolute atomic E-state index is 0.289. The molecule has 0 fully saturated rings. The molecule has 27 heavy (non-hydrogen) atoms. The normalized spacial score (nSPS) is 11.7. The van der Waals surface area contributed by atoms with E-state index in [-0.39, 0.29) is 5.69 Å². The number of hydrogen-bond donors (Lipinski definition) is 1. The number of halogens is 3. The maximum absolute atomic E-state index is 12.9. The highest BCUT2D eigenvalue weighted by molar-refractivity contribution is 7.17.